The third-order valence-corrected chi connectivity index (χ3v) is 3.41. The Kier molecular flexibility index (Phi) is 3.65. The van der Waals surface area contributed by atoms with Gasteiger partial charge in [-0.25, -0.2) is 0 Å². The van der Waals surface area contributed by atoms with Gasteiger partial charge in [0.05, 0.1) is 12.6 Å². The topological polar surface area (TPSA) is 39.1 Å². The van der Waals surface area contributed by atoms with Gasteiger partial charge in [0, 0.05) is 24.8 Å². The van der Waals surface area contributed by atoms with Crippen molar-refractivity contribution in [2.24, 2.45) is 0 Å². The molecule has 2 rings (SSSR count). The molecule has 3 nitrogen and oxygen atoms in total. The lowest BCUT2D eigenvalue weighted by atomic mass is 10.1. The molecule has 0 spiro atoms. The molecule has 1 heterocycles. The summed E-state index contributed by atoms with van der Waals surface area (Å²) in [5, 5.41) is 11.8. The van der Waals surface area contributed by atoms with Crippen LogP contribution < -0.4 is 10.2 Å². The summed E-state index contributed by atoms with van der Waals surface area (Å²) in [5.41, 5.74) is 4.05. The van der Waals surface area contributed by atoms with Gasteiger partial charge >= 0.3 is 0 Å². The number of aryl methyl sites for hydroxylation is 2. The number of nitriles is 1. The summed E-state index contributed by atoms with van der Waals surface area (Å²) in [5.74, 6) is 0. The molecule has 90 valence electrons. The highest BCUT2D eigenvalue weighted by Gasteiger charge is 2.23. The average molecular weight is 229 g/mol. The second-order valence-corrected chi connectivity index (χ2v) is 4.71. The van der Waals surface area contributed by atoms with E-state index >= 15 is 0 Å². The zero-order valence-electron chi connectivity index (χ0n) is 10.5. The number of anilines is 1. The van der Waals surface area contributed by atoms with Gasteiger partial charge in [0.25, 0.3) is 0 Å². The van der Waals surface area contributed by atoms with Gasteiger partial charge < -0.3 is 4.90 Å². The average Bonchev–Trinajstić information content (AvgIpc) is 2.75. The normalized spacial score (nSPS) is 19.4. The first-order chi connectivity index (χ1) is 8.22. The van der Waals surface area contributed by atoms with Crippen molar-refractivity contribution in [1.82, 2.24) is 5.32 Å². The van der Waals surface area contributed by atoms with Crippen LogP contribution in [-0.2, 0) is 0 Å². The third-order valence-electron chi connectivity index (χ3n) is 3.41. The fraction of sp³-hybridized carbons (Fsp3) is 0.500. The number of hydrogen-bond donors (Lipinski definition) is 1. The highest BCUT2D eigenvalue weighted by atomic mass is 15.2. The maximum Gasteiger partial charge on any atom is 0.0843 e. The number of hydrogen-bond acceptors (Lipinski definition) is 3. The SMILES string of the molecule is Cc1cccc(C)c1N1CCC(NCC#N)C1. The number of benzene rings is 1. The molecule has 1 aliphatic rings. The molecule has 1 fully saturated rings. The summed E-state index contributed by atoms with van der Waals surface area (Å²) in [6.07, 6.45) is 1.12. The first-order valence-electron chi connectivity index (χ1n) is 6.14. The van der Waals surface area contributed by atoms with Gasteiger partial charge in [-0.3, -0.25) is 5.32 Å². The Hall–Kier alpha value is -1.53. The van der Waals surface area contributed by atoms with Gasteiger partial charge in [-0.1, -0.05) is 18.2 Å². The summed E-state index contributed by atoms with van der Waals surface area (Å²) < 4.78 is 0. The zero-order chi connectivity index (χ0) is 12.3. The van der Waals surface area contributed by atoms with Crippen molar-refractivity contribution in [2.45, 2.75) is 26.3 Å². The van der Waals surface area contributed by atoms with Crippen LogP contribution in [0, 0.1) is 25.2 Å². The van der Waals surface area contributed by atoms with Crippen molar-refractivity contribution >= 4 is 5.69 Å². The molecule has 0 saturated carbocycles. The Morgan fingerprint density at radius 2 is 2.12 bits per heavy atom. The molecule has 3 heteroatoms. The highest BCUT2D eigenvalue weighted by Crippen LogP contribution is 2.27. The Balaban J connectivity index is 2.08. The van der Waals surface area contributed by atoms with E-state index < -0.39 is 0 Å². The van der Waals surface area contributed by atoms with Crippen LogP contribution in [0.15, 0.2) is 18.2 Å². The lowest BCUT2D eigenvalue weighted by molar-refractivity contribution is 0.591. The van der Waals surface area contributed by atoms with E-state index in [1.165, 1.54) is 16.8 Å². The Bertz CT molecular complexity index is 413. The fourth-order valence-corrected chi connectivity index (χ4v) is 2.62. The van der Waals surface area contributed by atoms with E-state index in [4.69, 9.17) is 5.26 Å². The molecule has 0 aromatic heterocycles. The largest absolute Gasteiger partial charge is 0.369 e. The molecule has 0 bridgehead atoms. The molecule has 0 aliphatic carbocycles. The molecule has 17 heavy (non-hydrogen) atoms. The van der Waals surface area contributed by atoms with E-state index in [0.717, 1.165) is 19.5 Å². The van der Waals surface area contributed by atoms with Crippen molar-refractivity contribution in [3.8, 4) is 6.07 Å². The van der Waals surface area contributed by atoms with Crippen LogP contribution in [0.25, 0.3) is 0 Å². The van der Waals surface area contributed by atoms with E-state index in [0.29, 0.717) is 12.6 Å². The van der Waals surface area contributed by atoms with Crippen molar-refractivity contribution in [2.75, 3.05) is 24.5 Å². The molecule has 1 aromatic rings. The standard InChI is InChI=1S/C14H19N3/c1-11-4-3-5-12(2)14(11)17-9-6-13(10-17)16-8-7-15/h3-5,13,16H,6,8-10H2,1-2H3. The van der Waals surface area contributed by atoms with E-state index in [1.54, 1.807) is 0 Å². The first-order valence-corrected chi connectivity index (χ1v) is 6.14. The van der Waals surface area contributed by atoms with Gasteiger partial charge in [-0.2, -0.15) is 5.26 Å². The zero-order valence-corrected chi connectivity index (χ0v) is 10.5. The molecule has 0 radical (unpaired) electrons. The molecule has 0 amide bonds. The molecular formula is C14H19N3. The molecular weight excluding hydrogens is 210 g/mol. The summed E-state index contributed by atoms with van der Waals surface area (Å²) in [7, 11) is 0. The Morgan fingerprint density at radius 3 is 2.76 bits per heavy atom. The van der Waals surface area contributed by atoms with Crippen molar-refractivity contribution in [1.29, 1.82) is 5.26 Å². The van der Waals surface area contributed by atoms with Gasteiger partial charge in [0.1, 0.15) is 0 Å². The smallest absolute Gasteiger partial charge is 0.0843 e. The highest BCUT2D eigenvalue weighted by molar-refractivity contribution is 5.59. The van der Waals surface area contributed by atoms with E-state index in [2.05, 4.69) is 48.3 Å². The third kappa shape index (κ3) is 2.59. The van der Waals surface area contributed by atoms with Crippen molar-refractivity contribution < 1.29 is 0 Å². The minimum Gasteiger partial charge on any atom is -0.369 e. The van der Waals surface area contributed by atoms with Crippen LogP contribution in [-0.4, -0.2) is 25.7 Å². The van der Waals surface area contributed by atoms with E-state index in [9.17, 15) is 0 Å². The summed E-state index contributed by atoms with van der Waals surface area (Å²) in [6, 6.07) is 9.03. The number of nitrogens with zero attached hydrogens (tertiary/aromatic N) is 2. The predicted molar refractivity (Wildman–Crippen MR) is 70.1 cm³/mol. The van der Waals surface area contributed by atoms with Crippen molar-refractivity contribution in [3.05, 3.63) is 29.3 Å². The van der Waals surface area contributed by atoms with Gasteiger partial charge in [-0.15, -0.1) is 0 Å². The van der Waals surface area contributed by atoms with Crippen molar-refractivity contribution in [3.63, 3.8) is 0 Å². The maximum absolute atomic E-state index is 8.57. The van der Waals surface area contributed by atoms with Gasteiger partial charge in [-0.05, 0) is 31.4 Å². The van der Waals surface area contributed by atoms with Crippen LogP contribution in [0.5, 0.6) is 0 Å². The van der Waals surface area contributed by atoms with Crippen LogP contribution in [0.1, 0.15) is 17.5 Å². The number of nitrogens with one attached hydrogen (secondary N) is 1. The second-order valence-electron chi connectivity index (χ2n) is 4.71. The summed E-state index contributed by atoms with van der Waals surface area (Å²) >= 11 is 0. The van der Waals surface area contributed by atoms with Gasteiger partial charge in [0.2, 0.25) is 0 Å². The molecule has 1 unspecified atom stereocenters. The van der Waals surface area contributed by atoms with Crippen LogP contribution in [0.4, 0.5) is 5.69 Å². The minimum atomic E-state index is 0.450. The van der Waals surface area contributed by atoms with Crippen LogP contribution in [0.2, 0.25) is 0 Å². The quantitative estimate of drug-likeness (QED) is 0.806. The first kappa shape index (κ1) is 11.9. The molecule has 1 saturated heterocycles. The minimum absolute atomic E-state index is 0.450. The fourth-order valence-electron chi connectivity index (χ4n) is 2.62. The van der Waals surface area contributed by atoms with Crippen LogP contribution in [0.3, 0.4) is 0 Å². The lowest BCUT2D eigenvalue weighted by Crippen LogP contribution is -2.33. The number of para-hydroxylation sites is 1. The number of rotatable bonds is 3. The predicted octanol–water partition coefficient (Wildman–Crippen LogP) is 2.00. The van der Waals surface area contributed by atoms with E-state index in [1.807, 2.05) is 0 Å². The Labute approximate surface area is 103 Å². The molecule has 1 atom stereocenters. The maximum atomic E-state index is 8.57. The molecule has 1 aromatic carbocycles. The lowest BCUT2D eigenvalue weighted by Gasteiger charge is -2.23. The summed E-state index contributed by atoms with van der Waals surface area (Å²) in [6.45, 7) is 6.87. The second kappa shape index (κ2) is 5.20. The molecule has 1 N–H and O–H groups in total. The molecule has 1 aliphatic heterocycles. The summed E-state index contributed by atoms with van der Waals surface area (Å²) in [4.78, 5) is 2.43. The van der Waals surface area contributed by atoms with E-state index in [-0.39, 0.29) is 0 Å². The van der Waals surface area contributed by atoms with Gasteiger partial charge in [0.15, 0.2) is 0 Å². The Morgan fingerprint density at radius 1 is 1.41 bits per heavy atom. The monoisotopic (exact) mass is 229 g/mol. The van der Waals surface area contributed by atoms with Crippen LogP contribution >= 0.6 is 0 Å².